The number of carboxylic acids is 1. The van der Waals surface area contributed by atoms with Gasteiger partial charge in [-0.05, 0) is 25.3 Å². The number of fused-ring (bicyclic) bond motifs is 3. The lowest BCUT2D eigenvalue weighted by atomic mass is 10.1. The molecule has 2 saturated heterocycles. The highest BCUT2D eigenvalue weighted by Gasteiger charge is 2.39. The fourth-order valence-corrected chi connectivity index (χ4v) is 4.04. The number of rotatable bonds is 3. The van der Waals surface area contributed by atoms with Crippen molar-refractivity contribution >= 4 is 22.8 Å². The molecule has 8 heteroatoms. The number of carbonyl (C=O) groups is 1. The Bertz CT molecular complexity index is 968. The molecule has 0 amide bonds. The third-order valence-electron chi connectivity index (χ3n) is 5.44. The molecule has 2 aromatic rings. The molecule has 0 spiro atoms. The lowest BCUT2D eigenvalue weighted by molar-refractivity contribution is 0.0695. The van der Waals surface area contributed by atoms with Crippen LogP contribution in [0.1, 0.15) is 35.7 Å². The Morgan fingerprint density at radius 2 is 2.16 bits per heavy atom. The van der Waals surface area contributed by atoms with Crippen molar-refractivity contribution < 1.29 is 14.3 Å². The number of carboxylic acid groups (broad SMARTS) is 1. The van der Waals surface area contributed by atoms with E-state index in [9.17, 15) is 19.1 Å². The van der Waals surface area contributed by atoms with Gasteiger partial charge in [-0.3, -0.25) is 4.79 Å². The zero-order valence-electron chi connectivity index (χ0n) is 13.4. The van der Waals surface area contributed by atoms with Gasteiger partial charge in [0.05, 0.1) is 5.39 Å². The maximum Gasteiger partial charge on any atom is 0.341 e. The Labute approximate surface area is 142 Å². The highest BCUT2D eigenvalue weighted by molar-refractivity contribution is 5.92. The van der Waals surface area contributed by atoms with Crippen molar-refractivity contribution in [2.75, 3.05) is 18.0 Å². The first-order valence-corrected chi connectivity index (χ1v) is 8.51. The number of pyridine rings is 2. The van der Waals surface area contributed by atoms with Crippen molar-refractivity contribution in [1.29, 1.82) is 0 Å². The molecule has 0 unspecified atom stereocenters. The van der Waals surface area contributed by atoms with Gasteiger partial charge in [-0.1, -0.05) is 0 Å². The lowest BCUT2D eigenvalue weighted by Crippen LogP contribution is -2.44. The molecule has 2 aromatic heterocycles. The van der Waals surface area contributed by atoms with Gasteiger partial charge in [0.15, 0.2) is 11.6 Å². The zero-order valence-corrected chi connectivity index (χ0v) is 13.4. The quantitative estimate of drug-likeness (QED) is 0.868. The molecule has 130 valence electrons. The molecule has 1 saturated carbocycles. The van der Waals surface area contributed by atoms with Gasteiger partial charge in [-0.15, -0.1) is 0 Å². The second-order valence-electron chi connectivity index (χ2n) is 7.13. The smallest absolute Gasteiger partial charge is 0.341 e. The number of nitrogens with zero attached hydrogens (tertiary/aromatic N) is 3. The molecule has 5 rings (SSSR count). The lowest BCUT2D eigenvalue weighted by Gasteiger charge is -2.29. The van der Waals surface area contributed by atoms with Gasteiger partial charge >= 0.3 is 5.97 Å². The van der Waals surface area contributed by atoms with Gasteiger partial charge in [0, 0.05) is 37.4 Å². The molecule has 7 nitrogen and oxygen atoms in total. The molecule has 0 aromatic carbocycles. The van der Waals surface area contributed by atoms with E-state index in [0.717, 1.165) is 31.9 Å². The highest BCUT2D eigenvalue weighted by atomic mass is 19.1. The number of aromatic nitrogens is 2. The summed E-state index contributed by atoms with van der Waals surface area (Å²) in [5, 5.41) is 12.7. The highest BCUT2D eigenvalue weighted by Crippen LogP contribution is 2.38. The van der Waals surface area contributed by atoms with Gasteiger partial charge in [0.1, 0.15) is 11.2 Å². The minimum Gasteiger partial charge on any atom is -0.477 e. The molecular formula is C17H17FN4O3. The average Bonchev–Trinajstić information content (AvgIpc) is 3.21. The molecule has 0 radical (unpaired) electrons. The van der Waals surface area contributed by atoms with Crippen LogP contribution in [0.5, 0.6) is 0 Å². The average molecular weight is 344 g/mol. The first kappa shape index (κ1) is 14.8. The molecule has 1 aliphatic carbocycles. The molecule has 2 aliphatic heterocycles. The van der Waals surface area contributed by atoms with Gasteiger partial charge in [0.2, 0.25) is 5.43 Å². The normalized spacial score (nSPS) is 25.1. The standard InChI is InChI=1S/C17H17FN4O3/c18-13-4-11-14(23)12(17(24)25)7-22(9-1-2-9)15(11)20-16(13)21-6-8-3-10(21)5-19-8/h4,7-10,19H,1-3,5-6H2,(H,24,25)/t8-,10-/m1/s1. The van der Waals surface area contributed by atoms with Crippen LogP contribution in [-0.4, -0.2) is 45.8 Å². The van der Waals surface area contributed by atoms with E-state index >= 15 is 0 Å². The molecule has 2 N–H and O–H groups in total. The molecule has 3 fully saturated rings. The van der Waals surface area contributed by atoms with Crippen LogP contribution < -0.4 is 15.6 Å². The number of hydrogen-bond acceptors (Lipinski definition) is 5. The summed E-state index contributed by atoms with van der Waals surface area (Å²) in [6.07, 6.45) is 4.14. The Morgan fingerprint density at radius 1 is 1.36 bits per heavy atom. The van der Waals surface area contributed by atoms with Gasteiger partial charge in [-0.25, -0.2) is 14.2 Å². The van der Waals surface area contributed by atoms with Gasteiger partial charge in [-0.2, -0.15) is 0 Å². The SMILES string of the molecule is O=C(O)c1cn(C2CC2)c2nc(N3C[C@H]4C[C@@H]3CN4)c(F)cc2c1=O. The summed E-state index contributed by atoms with van der Waals surface area (Å²) in [4.78, 5) is 30.3. The Kier molecular flexibility index (Phi) is 2.97. The van der Waals surface area contributed by atoms with Crippen molar-refractivity contribution in [3.05, 3.63) is 33.9 Å². The van der Waals surface area contributed by atoms with Crippen LogP contribution >= 0.6 is 0 Å². The fourth-order valence-electron chi connectivity index (χ4n) is 4.04. The third kappa shape index (κ3) is 2.17. The summed E-state index contributed by atoms with van der Waals surface area (Å²) in [5.41, 5.74) is -0.635. The van der Waals surface area contributed by atoms with Crippen LogP contribution in [-0.2, 0) is 0 Å². The third-order valence-corrected chi connectivity index (χ3v) is 5.44. The first-order chi connectivity index (χ1) is 12.0. The summed E-state index contributed by atoms with van der Waals surface area (Å²) in [6.45, 7) is 1.50. The summed E-state index contributed by atoms with van der Waals surface area (Å²) in [6, 6.07) is 1.85. The van der Waals surface area contributed by atoms with Crippen molar-refractivity contribution in [3.8, 4) is 0 Å². The minimum absolute atomic E-state index is 0.0375. The monoisotopic (exact) mass is 344 g/mol. The Hall–Kier alpha value is -2.48. The maximum atomic E-state index is 14.7. The van der Waals surface area contributed by atoms with E-state index in [0.29, 0.717) is 18.2 Å². The fraction of sp³-hybridized carbons (Fsp3) is 0.471. The number of halogens is 1. The van der Waals surface area contributed by atoms with E-state index in [2.05, 4.69) is 10.3 Å². The summed E-state index contributed by atoms with van der Waals surface area (Å²) < 4.78 is 16.5. The number of piperazine rings is 1. The number of aromatic carboxylic acids is 1. The van der Waals surface area contributed by atoms with Crippen LogP contribution in [0.15, 0.2) is 17.1 Å². The summed E-state index contributed by atoms with van der Waals surface area (Å²) >= 11 is 0. The number of nitrogens with one attached hydrogen (secondary N) is 1. The Balaban J connectivity index is 1.73. The van der Waals surface area contributed by atoms with E-state index in [-0.39, 0.29) is 28.9 Å². The van der Waals surface area contributed by atoms with Gasteiger partial charge in [0.25, 0.3) is 0 Å². The van der Waals surface area contributed by atoms with Crippen molar-refractivity contribution in [1.82, 2.24) is 14.9 Å². The van der Waals surface area contributed by atoms with Crippen LogP contribution in [0, 0.1) is 5.82 Å². The second-order valence-corrected chi connectivity index (χ2v) is 7.13. The van der Waals surface area contributed by atoms with Gasteiger partial charge < -0.3 is 19.9 Å². The van der Waals surface area contributed by atoms with Crippen molar-refractivity contribution in [3.63, 3.8) is 0 Å². The van der Waals surface area contributed by atoms with Crippen molar-refractivity contribution in [2.45, 2.75) is 37.4 Å². The molecule has 25 heavy (non-hydrogen) atoms. The molecule has 2 atom stereocenters. The molecule has 2 bridgehead atoms. The topological polar surface area (TPSA) is 87.5 Å². The van der Waals surface area contributed by atoms with E-state index in [4.69, 9.17) is 0 Å². The first-order valence-electron chi connectivity index (χ1n) is 8.51. The van der Waals surface area contributed by atoms with E-state index < -0.39 is 17.2 Å². The Morgan fingerprint density at radius 3 is 2.76 bits per heavy atom. The molecule has 4 heterocycles. The van der Waals surface area contributed by atoms with Crippen molar-refractivity contribution in [2.24, 2.45) is 0 Å². The number of hydrogen-bond donors (Lipinski definition) is 2. The van der Waals surface area contributed by atoms with Crippen LogP contribution in [0.2, 0.25) is 0 Å². The van der Waals surface area contributed by atoms with E-state index in [1.54, 1.807) is 4.57 Å². The van der Waals surface area contributed by atoms with Crippen LogP contribution in [0.3, 0.4) is 0 Å². The number of anilines is 1. The summed E-state index contributed by atoms with van der Waals surface area (Å²) in [5.74, 6) is -1.60. The predicted molar refractivity (Wildman–Crippen MR) is 88.7 cm³/mol. The molecular weight excluding hydrogens is 327 g/mol. The zero-order chi connectivity index (χ0) is 17.3. The predicted octanol–water partition coefficient (Wildman–Crippen LogP) is 1.12. The largest absolute Gasteiger partial charge is 0.477 e. The van der Waals surface area contributed by atoms with E-state index in [1.165, 1.54) is 6.20 Å². The minimum atomic E-state index is -1.30. The van der Waals surface area contributed by atoms with Crippen LogP contribution in [0.25, 0.3) is 11.0 Å². The maximum absolute atomic E-state index is 14.7. The molecule has 3 aliphatic rings. The van der Waals surface area contributed by atoms with E-state index in [1.807, 2.05) is 4.90 Å². The summed E-state index contributed by atoms with van der Waals surface area (Å²) in [7, 11) is 0. The second kappa shape index (κ2) is 5.01. The van der Waals surface area contributed by atoms with Crippen LogP contribution in [0.4, 0.5) is 10.2 Å².